The predicted molar refractivity (Wildman–Crippen MR) is 148 cm³/mol. The Morgan fingerprint density at radius 3 is 2.44 bits per heavy atom. The first kappa shape index (κ1) is 27.7. The highest BCUT2D eigenvalue weighted by molar-refractivity contribution is 7.88. The molecule has 4 aromatic rings. The summed E-state index contributed by atoms with van der Waals surface area (Å²) in [5.41, 5.74) is 6.19. The van der Waals surface area contributed by atoms with Gasteiger partial charge in [0, 0.05) is 43.4 Å². The van der Waals surface area contributed by atoms with Crippen LogP contribution in [0.2, 0.25) is 0 Å². The number of pyridine rings is 1. The second-order valence-electron chi connectivity index (χ2n) is 8.69. The van der Waals surface area contributed by atoms with Gasteiger partial charge in [0.15, 0.2) is 0 Å². The molecule has 1 N–H and O–H groups in total. The minimum Gasteiger partial charge on any atom is -0.364 e. The largest absolute Gasteiger partial charge is 0.364 e. The van der Waals surface area contributed by atoms with Crippen LogP contribution >= 0.6 is 24.8 Å². The molecular weight excluding hydrogens is 517 g/mol. The average molecular weight is 547 g/mol. The quantitative estimate of drug-likeness (QED) is 0.379. The summed E-state index contributed by atoms with van der Waals surface area (Å²) in [6, 6.07) is 20.1. The van der Waals surface area contributed by atoms with Crippen molar-refractivity contribution in [2.75, 3.05) is 17.7 Å². The molecule has 3 heterocycles. The molecule has 0 radical (unpaired) electrons. The summed E-state index contributed by atoms with van der Waals surface area (Å²) in [6.45, 7) is 1.48. The van der Waals surface area contributed by atoms with Crippen molar-refractivity contribution in [3.8, 4) is 11.1 Å². The standard InChI is InChI=1S/C26H27N5O2S.2ClH/c1-34(32,33)31-16-23-13-22(21-7-3-2-4-8-21)9-10-26(23)30(17-24-15-28-19-29-24)18-25(31)12-20-6-5-11-27-14-20;;/h2-11,13-15,19,25H,12,16-18H2,1H3,(H,28,29);2*1H/t25-;;/m1../s1. The summed E-state index contributed by atoms with van der Waals surface area (Å²) in [6.07, 6.45) is 8.91. The van der Waals surface area contributed by atoms with Crippen molar-refractivity contribution in [1.82, 2.24) is 19.3 Å². The van der Waals surface area contributed by atoms with E-state index in [1.54, 1.807) is 16.8 Å². The van der Waals surface area contributed by atoms with Crippen LogP contribution in [-0.4, -0.2) is 46.5 Å². The van der Waals surface area contributed by atoms with Gasteiger partial charge in [0.05, 0.1) is 24.8 Å². The van der Waals surface area contributed by atoms with Gasteiger partial charge in [-0.3, -0.25) is 4.98 Å². The Kier molecular flexibility index (Phi) is 9.13. The maximum absolute atomic E-state index is 13.0. The van der Waals surface area contributed by atoms with Crippen LogP contribution < -0.4 is 4.90 Å². The van der Waals surface area contributed by atoms with Crippen LogP contribution in [0.3, 0.4) is 0 Å². The molecule has 0 spiro atoms. The van der Waals surface area contributed by atoms with Gasteiger partial charge < -0.3 is 9.88 Å². The number of rotatable bonds is 6. The molecule has 7 nitrogen and oxygen atoms in total. The smallest absolute Gasteiger partial charge is 0.211 e. The second kappa shape index (κ2) is 11.9. The number of hydrogen-bond acceptors (Lipinski definition) is 5. The number of anilines is 1. The summed E-state index contributed by atoms with van der Waals surface area (Å²) in [7, 11) is -3.46. The van der Waals surface area contributed by atoms with Crippen LogP contribution in [0.1, 0.15) is 16.8 Å². The molecule has 0 amide bonds. The molecule has 0 fully saturated rings. The molecule has 1 atom stereocenters. The lowest BCUT2D eigenvalue weighted by Gasteiger charge is -2.31. The Morgan fingerprint density at radius 2 is 1.78 bits per heavy atom. The second-order valence-corrected chi connectivity index (χ2v) is 10.6. The maximum Gasteiger partial charge on any atom is 0.211 e. The van der Waals surface area contributed by atoms with Crippen molar-refractivity contribution < 1.29 is 8.42 Å². The molecule has 1 aliphatic heterocycles. The van der Waals surface area contributed by atoms with Gasteiger partial charge in [-0.05, 0) is 46.9 Å². The zero-order valence-electron chi connectivity index (χ0n) is 19.8. The third-order valence-electron chi connectivity index (χ3n) is 6.23. The average Bonchev–Trinajstić information content (AvgIpc) is 3.30. The van der Waals surface area contributed by atoms with E-state index in [-0.39, 0.29) is 30.9 Å². The number of H-pyrrole nitrogens is 1. The molecule has 0 saturated carbocycles. The van der Waals surface area contributed by atoms with Crippen LogP contribution in [0.5, 0.6) is 0 Å². The molecular formula is C26H29Cl2N5O2S. The number of fused-ring (bicyclic) bond motifs is 1. The monoisotopic (exact) mass is 545 g/mol. The van der Waals surface area contributed by atoms with Gasteiger partial charge in [-0.25, -0.2) is 13.4 Å². The summed E-state index contributed by atoms with van der Waals surface area (Å²) in [4.78, 5) is 13.8. The number of benzene rings is 2. The Balaban J connectivity index is 0.00000180. The van der Waals surface area contributed by atoms with Crippen molar-refractivity contribution in [3.63, 3.8) is 0 Å². The number of sulfonamides is 1. The van der Waals surface area contributed by atoms with Crippen LogP contribution in [0.25, 0.3) is 11.1 Å². The first-order chi connectivity index (χ1) is 16.5. The van der Waals surface area contributed by atoms with Gasteiger partial charge in [0.2, 0.25) is 10.0 Å². The zero-order valence-corrected chi connectivity index (χ0v) is 22.3. The van der Waals surface area contributed by atoms with Crippen molar-refractivity contribution in [2.24, 2.45) is 0 Å². The third kappa shape index (κ3) is 6.25. The molecule has 5 rings (SSSR count). The highest BCUT2D eigenvalue weighted by Crippen LogP contribution is 2.34. The van der Waals surface area contributed by atoms with Crippen LogP contribution in [0.4, 0.5) is 5.69 Å². The number of nitrogens with one attached hydrogen (secondary N) is 1. The number of aromatic nitrogens is 3. The lowest BCUT2D eigenvalue weighted by atomic mass is 10.0. The van der Waals surface area contributed by atoms with Crippen LogP contribution in [-0.2, 0) is 29.5 Å². The lowest BCUT2D eigenvalue weighted by molar-refractivity contribution is 0.320. The van der Waals surface area contributed by atoms with E-state index in [1.807, 2.05) is 42.7 Å². The van der Waals surface area contributed by atoms with E-state index in [9.17, 15) is 8.42 Å². The Morgan fingerprint density at radius 1 is 0.972 bits per heavy atom. The van der Waals surface area contributed by atoms with Crippen molar-refractivity contribution in [1.29, 1.82) is 0 Å². The third-order valence-corrected chi connectivity index (χ3v) is 7.51. The van der Waals surface area contributed by atoms with Gasteiger partial charge >= 0.3 is 0 Å². The van der Waals surface area contributed by atoms with Gasteiger partial charge in [-0.2, -0.15) is 4.31 Å². The highest BCUT2D eigenvalue weighted by Gasteiger charge is 2.33. The molecule has 0 unspecified atom stereocenters. The minimum absolute atomic E-state index is 0. The number of halogens is 2. The number of nitrogens with zero attached hydrogens (tertiary/aromatic N) is 4. The number of aromatic amines is 1. The Bertz CT molecular complexity index is 1350. The van der Waals surface area contributed by atoms with Gasteiger partial charge in [0.25, 0.3) is 0 Å². The molecule has 0 saturated heterocycles. The van der Waals surface area contributed by atoms with E-state index in [4.69, 9.17) is 0 Å². The molecule has 0 bridgehead atoms. The van der Waals surface area contributed by atoms with E-state index >= 15 is 0 Å². The number of hydrogen-bond donors (Lipinski definition) is 1. The maximum atomic E-state index is 13.0. The Labute approximate surface area is 224 Å². The normalized spacial score (nSPS) is 15.8. The summed E-state index contributed by atoms with van der Waals surface area (Å²) in [5, 5.41) is 0. The predicted octanol–water partition coefficient (Wildman–Crippen LogP) is 4.71. The van der Waals surface area contributed by atoms with E-state index in [2.05, 4.69) is 50.2 Å². The van der Waals surface area contributed by atoms with Gasteiger partial charge in [0.1, 0.15) is 0 Å². The topological polar surface area (TPSA) is 82.2 Å². The summed E-state index contributed by atoms with van der Waals surface area (Å²) >= 11 is 0. The minimum atomic E-state index is -3.46. The summed E-state index contributed by atoms with van der Waals surface area (Å²) < 4.78 is 27.6. The molecule has 36 heavy (non-hydrogen) atoms. The van der Waals surface area contributed by atoms with E-state index in [0.29, 0.717) is 26.1 Å². The lowest BCUT2D eigenvalue weighted by Crippen LogP contribution is -2.45. The van der Waals surface area contributed by atoms with Crippen molar-refractivity contribution >= 4 is 40.5 Å². The fraction of sp³-hybridized carbons (Fsp3) is 0.231. The molecule has 1 aliphatic rings. The number of imidazole rings is 1. The van der Waals surface area contributed by atoms with Crippen LogP contribution in [0.15, 0.2) is 85.6 Å². The highest BCUT2D eigenvalue weighted by atomic mass is 35.5. The van der Waals surface area contributed by atoms with Crippen molar-refractivity contribution in [2.45, 2.75) is 25.6 Å². The zero-order chi connectivity index (χ0) is 23.5. The fourth-order valence-electron chi connectivity index (χ4n) is 4.64. The molecule has 2 aromatic heterocycles. The van der Waals surface area contributed by atoms with E-state index in [0.717, 1.165) is 33.6 Å². The fourth-order valence-corrected chi connectivity index (χ4v) is 5.70. The SMILES string of the molecule is CS(=O)(=O)N1Cc2cc(-c3ccccc3)ccc2N(Cc2cnc[nH]2)C[C@H]1Cc1cccnc1.Cl.Cl. The Hall–Kier alpha value is -2.91. The first-order valence-electron chi connectivity index (χ1n) is 11.2. The molecule has 2 aromatic carbocycles. The summed E-state index contributed by atoms with van der Waals surface area (Å²) in [5.74, 6) is 0. The van der Waals surface area contributed by atoms with E-state index in [1.165, 1.54) is 6.26 Å². The van der Waals surface area contributed by atoms with Gasteiger partial charge in [-0.1, -0.05) is 42.5 Å². The first-order valence-corrected chi connectivity index (χ1v) is 13.1. The van der Waals surface area contributed by atoms with E-state index < -0.39 is 10.0 Å². The molecule has 10 heteroatoms. The molecule has 190 valence electrons. The van der Waals surface area contributed by atoms with Crippen molar-refractivity contribution in [3.05, 3.63) is 102 Å². The molecule has 0 aliphatic carbocycles. The van der Waals surface area contributed by atoms with Gasteiger partial charge in [-0.15, -0.1) is 24.8 Å². The van der Waals surface area contributed by atoms with Crippen LogP contribution in [0, 0.1) is 0 Å².